The van der Waals surface area contributed by atoms with Gasteiger partial charge in [-0.25, -0.2) is 9.97 Å². The molecular weight excluding hydrogens is 230 g/mol. The van der Waals surface area contributed by atoms with E-state index in [-0.39, 0.29) is 12.6 Å². The van der Waals surface area contributed by atoms with Crippen LogP contribution in [0.25, 0.3) is 10.9 Å². The van der Waals surface area contributed by atoms with Gasteiger partial charge in [-0.15, -0.1) is 0 Å². The summed E-state index contributed by atoms with van der Waals surface area (Å²) < 4.78 is 0. The van der Waals surface area contributed by atoms with E-state index in [0.29, 0.717) is 5.95 Å². The minimum Gasteiger partial charge on any atom is -0.480 e. The maximum absolute atomic E-state index is 10.9. The van der Waals surface area contributed by atoms with Crippen LogP contribution in [-0.4, -0.2) is 33.6 Å². The van der Waals surface area contributed by atoms with Crippen molar-refractivity contribution in [2.45, 2.75) is 18.9 Å². The largest absolute Gasteiger partial charge is 0.480 e. The first-order valence-electron chi connectivity index (χ1n) is 5.94. The fraction of sp³-hybridized carbons (Fsp3) is 0.308. The molecule has 0 aliphatic heterocycles. The first-order valence-corrected chi connectivity index (χ1v) is 5.94. The molecule has 1 saturated carbocycles. The molecule has 1 aromatic carbocycles. The van der Waals surface area contributed by atoms with E-state index in [1.54, 1.807) is 11.1 Å². The molecule has 0 atom stereocenters. The third-order valence-corrected chi connectivity index (χ3v) is 3.03. The average molecular weight is 243 g/mol. The lowest BCUT2D eigenvalue weighted by atomic mass is 10.2. The molecule has 92 valence electrons. The van der Waals surface area contributed by atoms with Crippen molar-refractivity contribution in [2.75, 3.05) is 11.4 Å². The molecule has 5 heteroatoms. The van der Waals surface area contributed by atoms with E-state index < -0.39 is 5.97 Å². The molecule has 3 rings (SSSR count). The number of hydrogen-bond acceptors (Lipinski definition) is 4. The number of aromatic nitrogens is 2. The Morgan fingerprint density at radius 2 is 2.17 bits per heavy atom. The van der Waals surface area contributed by atoms with Gasteiger partial charge in [0.15, 0.2) is 0 Å². The first kappa shape index (κ1) is 11.0. The van der Waals surface area contributed by atoms with Crippen LogP contribution < -0.4 is 4.90 Å². The summed E-state index contributed by atoms with van der Waals surface area (Å²) in [4.78, 5) is 21.4. The van der Waals surface area contributed by atoms with Gasteiger partial charge in [0, 0.05) is 17.6 Å². The summed E-state index contributed by atoms with van der Waals surface area (Å²) in [6.45, 7) is -0.0387. The minimum absolute atomic E-state index is 0.0387. The summed E-state index contributed by atoms with van der Waals surface area (Å²) in [5.41, 5.74) is 0.846. The van der Waals surface area contributed by atoms with Gasteiger partial charge < -0.3 is 10.0 Å². The molecule has 5 nitrogen and oxygen atoms in total. The van der Waals surface area contributed by atoms with E-state index in [9.17, 15) is 4.79 Å². The number of anilines is 1. The average Bonchev–Trinajstić information content (AvgIpc) is 3.19. The standard InChI is InChI=1S/C13H13N3O2/c17-12(18)8-16(10-5-6-10)13-14-7-9-3-1-2-4-11(9)15-13/h1-4,7,10H,5-6,8H2,(H,17,18). The molecule has 18 heavy (non-hydrogen) atoms. The van der Waals surface area contributed by atoms with Crippen molar-refractivity contribution < 1.29 is 9.90 Å². The lowest BCUT2D eigenvalue weighted by Gasteiger charge is -2.19. The Balaban J connectivity index is 1.98. The number of rotatable bonds is 4. The molecule has 0 saturated heterocycles. The van der Waals surface area contributed by atoms with Gasteiger partial charge in [0.05, 0.1) is 5.52 Å². The number of hydrogen-bond donors (Lipinski definition) is 1. The molecule has 0 spiro atoms. The minimum atomic E-state index is -0.848. The van der Waals surface area contributed by atoms with Crippen molar-refractivity contribution in [2.24, 2.45) is 0 Å². The zero-order chi connectivity index (χ0) is 12.5. The van der Waals surface area contributed by atoms with Crippen LogP contribution in [0.5, 0.6) is 0 Å². The van der Waals surface area contributed by atoms with Crippen molar-refractivity contribution in [3.63, 3.8) is 0 Å². The Kier molecular flexibility index (Phi) is 2.59. The Labute approximate surface area is 104 Å². The number of benzene rings is 1. The highest BCUT2D eigenvalue weighted by molar-refractivity contribution is 5.79. The van der Waals surface area contributed by atoms with Crippen LogP contribution >= 0.6 is 0 Å². The number of para-hydroxylation sites is 1. The first-order chi connectivity index (χ1) is 8.74. The molecule has 2 aromatic rings. The van der Waals surface area contributed by atoms with E-state index in [1.165, 1.54) is 0 Å². The summed E-state index contributed by atoms with van der Waals surface area (Å²) in [6, 6.07) is 7.98. The molecule has 1 heterocycles. The van der Waals surface area contributed by atoms with Gasteiger partial charge in [-0.1, -0.05) is 18.2 Å². The molecule has 1 aromatic heterocycles. The van der Waals surface area contributed by atoms with Crippen LogP contribution in [0, 0.1) is 0 Å². The highest BCUT2D eigenvalue weighted by Crippen LogP contribution is 2.29. The number of aliphatic carboxylic acids is 1. The fourth-order valence-electron chi connectivity index (χ4n) is 2.00. The summed E-state index contributed by atoms with van der Waals surface area (Å²) >= 11 is 0. The highest BCUT2D eigenvalue weighted by atomic mass is 16.4. The summed E-state index contributed by atoms with van der Waals surface area (Å²) in [5, 5.41) is 9.90. The Bertz CT molecular complexity index is 596. The number of nitrogens with zero attached hydrogens (tertiary/aromatic N) is 3. The molecule has 0 bridgehead atoms. The van der Waals surface area contributed by atoms with Crippen LogP contribution in [0.3, 0.4) is 0 Å². The van der Waals surface area contributed by atoms with Crippen molar-refractivity contribution >= 4 is 22.8 Å². The van der Waals surface area contributed by atoms with Gasteiger partial charge in [0.25, 0.3) is 0 Å². The molecule has 1 fully saturated rings. The lowest BCUT2D eigenvalue weighted by molar-refractivity contribution is -0.135. The third kappa shape index (κ3) is 2.11. The molecule has 0 unspecified atom stereocenters. The van der Waals surface area contributed by atoms with Crippen LogP contribution in [0.2, 0.25) is 0 Å². The van der Waals surface area contributed by atoms with Gasteiger partial charge in [-0.05, 0) is 18.9 Å². The van der Waals surface area contributed by atoms with Crippen molar-refractivity contribution in [1.82, 2.24) is 9.97 Å². The second-order valence-corrected chi connectivity index (χ2v) is 4.48. The molecule has 0 radical (unpaired) electrons. The molecular formula is C13H13N3O2. The van der Waals surface area contributed by atoms with Crippen LogP contribution in [-0.2, 0) is 4.79 Å². The van der Waals surface area contributed by atoms with Crippen LogP contribution in [0.15, 0.2) is 30.5 Å². The predicted molar refractivity (Wildman–Crippen MR) is 67.5 cm³/mol. The molecule has 1 aliphatic carbocycles. The lowest BCUT2D eigenvalue weighted by Crippen LogP contribution is -2.33. The maximum atomic E-state index is 10.9. The maximum Gasteiger partial charge on any atom is 0.323 e. The van der Waals surface area contributed by atoms with E-state index in [2.05, 4.69) is 9.97 Å². The van der Waals surface area contributed by atoms with E-state index >= 15 is 0 Å². The van der Waals surface area contributed by atoms with E-state index in [0.717, 1.165) is 23.7 Å². The number of carbonyl (C=O) groups is 1. The normalized spacial score (nSPS) is 14.7. The van der Waals surface area contributed by atoms with Crippen molar-refractivity contribution in [3.8, 4) is 0 Å². The molecule has 0 amide bonds. The van der Waals surface area contributed by atoms with Gasteiger partial charge in [0.2, 0.25) is 5.95 Å². The van der Waals surface area contributed by atoms with Crippen LogP contribution in [0.4, 0.5) is 5.95 Å². The predicted octanol–water partition coefficient (Wildman–Crippen LogP) is 1.68. The van der Waals surface area contributed by atoms with Crippen molar-refractivity contribution in [1.29, 1.82) is 0 Å². The van der Waals surface area contributed by atoms with Gasteiger partial charge >= 0.3 is 5.97 Å². The third-order valence-electron chi connectivity index (χ3n) is 3.03. The van der Waals surface area contributed by atoms with Crippen LogP contribution in [0.1, 0.15) is 12.8 Å². The molecule has 1 N–H and O–H groups in total. The Hall–Kier alpha value is -2.17. The zero-order valence-corrected chi connectivity index (χ0v) is 9.78. The zero-order valence-electron chi connectivity index (χ0n) is 9.78. The second-order valence-electron chi connectivity index (χ2n) is 4.48. The Morgan fingerprint density at radius 1 is 1.39 bits per heavy atom. The number of carboxylic acids is 1. The fourth-order valence-corrected chi connectivity index (χ4v) is 2.00. The SMILES string of the molecule is O=C(O)CN(c1ncc2ccccc2n1)C1CC1. The Morgan fingerprint density at radius 3 is 2.89 bits per heavy atom. The smallest absolute Gasteiger partial charge is 0.323 e. The van der Waals surface area contributed by atoms with Gasteiger partial charge in [-0.2, -0.15) is 0 Å². The van der Waals surface area contributed by atoms with E-state index in [4.69, 9.17) is 5.11 Å². The van der Waals surface area contributed by atoms with Crippen molar-refractivity contribution in [3.05, 3.63) is 30.5 Å². The quantitative estimate of drug-likeness (QED) is 0.885. The number of carboxylic acid groups (broad SMARTS) is 1. The summed E-state index contributed by atoms with van der Waals surface area (Å²) in [6.07, 6.45) is 3.78. The second kappa shape index (κ2) is 4.25. The topological polar surface area (TPSA) is 66.3 Å². The molecule has 1 aliphatic rings. The monoisotopic (exact) mass is 243 g/mol. The van der Waals surface area contributed by atoms with Gasteiger partial charge in [-0.3, -0.25) is 4.79 Å². The highest BCUT2D eigenvalue weighted by Gasteiger charge is 2.32. The summed E-state index contributed by atoms with van der Waals surface area (Å²) in [5.74, 6) is -0.336. The van der Waals surface area contributed by atoms with Gasteiger partial charge in [0.1, 0.15) is 6.54 Å². The number of fused-ring (bicyclic) bond motifs is 1. The summed E-state index contributed by atoms with van der Waals surface area (Å²) in [7, 11) is 0. The van der Waals surface area contributed by atoms with E-state index in [1.807, 2.05) is 24.3 Å².